The molecule has 1 heterocycles. The summed E-state index contributed by atoms with van der Waals surface area (Å²) in [6.45, 7) is 0. The molecule has 2 amide bonds. The third kappa shape index (κ3) is 3.64. The van der Waals surface area contributed by atoms with E-state index < -0.39 is 11.1 Å². The van der Waals surface area contributed by atoms with Crippen molar-refractivity contribution < 1.29 is 14.7 Å². The van der Waals surface area contributed by atoms with Crippen LogP contribution in [0.3, 0.4) is 0 Å². The molecule has 0 aliphatic carbocycles. The highest BCUT2D eigenvalue weighted by Crippen LogP contribution is 2.31. The van der Waals surface area contributed by atoms with E-state index in [-0.39, 0.29) is 10.7 Å². The summed E-state index contributed by atoms with van der Waals surface area (Å²) in [6, 6.07) is 13.9. The van der Waals surface area contributed by atoms with E-state index in [1.165, 1.54) is 12.1 Å². The predicted octanol–water partition coefficient (Wildman–Crippen LogP) is 4.13. The van der Waals surface area contributed by atoms with Crippen molar-refractivity contribution in [3.8, 4) is 5.75 Å². The Labute approximate surface area is 135 Å². The smallest absolute Gasteiger partial charge is 0.290 e. The van der Waals surface area contributed by atoms with Crippen molar-refractivity contribution in [3.63, 3.8) is 0 Å². The number of nitrogens with zero attached hydrogens (tertiary/aromatic N) is 2. The lowest BCUT2D eigenvalue weighted by molar-refractivity contribution is -0.115. The second kappa shape index (κ2) is 6.45. The van der Waals surface area contributed by atoms with Gasteiger partial charge in [0.1, 0.15) is 5.75 Å². The maximum Gasteiger partial charge on any atom is 0.290 e. The van der Waals surface area contributed by atoms with E-state index in [0.29, 0.717) is 16.9 Å². The van der Waals surface area contributed by atoms with Gasteiger partial charge in [0.15, 0.2) is 0 Å². The Morgan fingerprint density at radius 2 is 1.74 bits per heavy atom. The monoisotopic (exact) mass is 325 g/mol. The van der Waals surface area contributed by atoms with Crippen LogP contribution in [0.4, 0.5) is 16.2 Å². The summed E-state index contributed by atoms with van der Waals surface area (Å²) in [5.41, 5.74) is 1.62. The van der Waals surface area contributed by atoms with Crippen LogP contribution in [0.5, 0.6) is 5.75 Å². The molecule has 0 radical (unpaired) electrons. The number of phenols is 1. The van der Waals surface area contributed by atoms with Crippen LogP contribution in [-0.4, -0.2) is 16.3 Å². The Morgan fingerprint density at radius 3 is 2.43 bits per heavy atom. The molecule has 1 saturated heterocycles. The van der Waals surface area contributed by atoms with Gasteiger partial charge in [-0.1, -0.05) is 18.2 Å². The summed E-state index contributed by atoms with van der Waals surface area (Å²) in [6.07, 6.45) is 1.45. The van der Waals surface area contributed by atoms with Gasteiger partial charge in [0.25, 0.3) is 11.1 Å². The first-order chi connectivity index (χ1) is 11.1. The third-order valence-electron chi connectivity index (χ3n) is 2.98. The fourth-order valence-electron chi connectivity index (χ4n) is 1.89. The van der Waals surface area contributed by atoms with Crippen LogP contribution in [0.15, 0.2) is 63.7 Å². The molecule has 2 aromatic rings. The number of azo groups is 1. The predicted molar refractivity (Wildman–Crippen MR) is 87.8 cm³/mol. The summed E-state index contributed by atoms with van der Waals surface area (Å²) < 4.78 is 0. The molecule has 114 valence electrons. The second-order valence-electron chi connectivity index (χ2n) is 4.63. The molecular formula is C16H11N3O3S. The highest BCUT2D eigenvalue weighted by atomic mass is 32.2. The van der Waals surface area contributed by atoms with E-state index in [0.717, 1.165) is 11.8 Å². The van der Waals surface area contributed by atoms with Crippen molar-refractivity contribution in [1.29, 1.82) is 0 Å². The number of hydrogen-bond acceptors (Lipinski definition) is 6. The number of nitrogens with one attached hydrogen (secondary N) is 1. The summed E-state index contributed by atoms with van der Waals surface area (Å²) >= 11 is 0.790. The molecule has 1 fully saturated rings. The van der Waals surface area contributed by atoms with Gasteiger partial charge in [-0.3, -0.25) is 14.9 Å². The van der Waals surface area contributed by atoms with E-state index in [1.807, 2.05) is 30.3 Å². The lowest BCUT2D eigenvalue weighted by Crippen LogP contribution is -2.17. The van der Waals surface area contributed by atoms with Gasteiger partial charge in [0.2, 0.25) is 0 Å². The lowest BCUT2D eigenvalue weighted by atomic mass is 10.1. The molecule has 3 rings (SSSR count). The number of imide groups is 1. The van der Waals surface area contributed by atoms with Gasteiger partial charge in [0, 0.05) is 5.56 Å². The Morgan fingerprint density at radius 1 is 1.00 bits per heavy atom. The van der Waals surface area contributed by atoms with E-state index in [4.69, 9.17) is 0 Å². The number of phenolic OH excluding ortho intramolecular Hbond substituents is 1. The summed E-state index contributed by atoms with van der Waals surface area (Å²) in [7, 11) is 0. The Hall–Kier alpha value is -2.93. The zero-order valence-corrected chi connectivity index (χ0v) is 12.6. The molecule has 0 bridgehead atoms. The summed E-state index contributed by atoms with van der Waals surface area (Å²) in [5.74, 6) is -0.486. The fourth-order valence-corrected chi connectivity index (χ4v) is 2.57. The molecule has 2 N–H and O–H groups in total. The number of benzene rings is 2. The number of rotatable bonds is 3. The lowest BCUT2D eigenvalue weighted by Gasteiger charge is -2.01. The third-order valence-corrected chi connectivity index (χ3v) is 3.79. The maximum atomic E-state index is 11.6. The van der Waals surface area contributed by atoms with Crippen molar-refractivity contribution >= 4 is 40.4 Å². The number of carbonyl (C=O) groups excluding carboxylic acids is 2. The number of aromatic hydroxyl groups is 1. The van der Waals surface area contributed by atoms with E-state index >= 15 is 0 Å². The first kappa shape index (κ1) is 15.0. The van der Waals surface area contributed by atoms with Crippen molar-refractivity contribution in [2.75, 3.05) is 0 Å². The molecule has 1 aliphatic heterocycles. The molecule has 23 heavy (non-hydrogen) atoms. The van der Waals surface area contributed by atoms with Gasteiger partial charge >= 0.3 is 0 Å². The topological polar surface area (TPSA) is 91.1 Å². The van der Waals surface area contributed by atoms with Gasteiger partial charge < -0.3 is 5.11 Å². The first-order valence-corrected chi connectivity index (χ1v) is 7.48. The highest BCUT2D eigenvalue weighted by molar-refractivity contribution is 8.18. The van der Waals surface area contributed by atoms with Crippen LogP contribution in [-0.2, 0) is 4.79 Å². The molecule has 1 aliphatic rings. The molecule has 7 heteroatoms. The minimum atomic E-state index is -0.476. The SMILES string of the molecule is O=C1NC(=O)C(=Cc2cc(N=Nc3ccccc3)ccc2O)S1. The molecule has 0 atom stereocenters. The van der Waals surface area contributed by atoms with Crippen LogP contribution < -0.4 is 5.32 Å². The van der Waals surface area contributed by atoms with Crippen molar-refractivity contribution in [1.82, 2.24) is 5.32 Å². The van der Waals surface area contributed by atoms with Crippen molar-refractivity contribution in [2.45, 2.75) is 0 Å². The van der Waals surface area contributed by atoms with Crippen molar-refractivity contribution in [2.24, 2.45) is 10.2 Å². The van der Waals surface area contributed by atoms with Crippen LogP contribution in [0.2, 0.25) is 0 Å². The Kier molecular flexibility index (Phi) is 4.20. The Balaban J connectivity index is 1.88. The van der Waals surface area contributed by atoms with Gasteiger partial charge in [0.05, 0.1) is 16.3 Å². The number of thioether (sulfide) groups is 1. The first-order valence-electron chi connectivity index (χ1n) is 6.66. The zero-order valence-electron chi connectivity index (χ0n) is 11.8. The maximum absolute atomic E-state index is 11.6. The number of amides is 2. The van der Waals surface area contributed by atoms with Crippen LogP contribution >= 0.6 is 11.8 Å². The largest absolute Gasteiger partial charge is 0.507 e. The number of carbonyl (C=O) groups is 2. The molecule has 0 spiro atoms. The van der Waals surface area contributed by atoms with Gasteiger partial charge in [-0.05, 0) is 48.2 Å². The molecular weight excluding hydrogens is 314 g/mol. The van der Waals surface area contributed by atoms with Crippen LogP contribution in [0.25, 0.3) is 6.08 Å². The standard InChI is InChI=1S/C16H11N3O3S/c20-13-7-6-12(19-18-11-4-2-1-3-5-11)8-10(13)9-14-15(21)17-16(22)23-14/h1-9,20H,(H,17,21,22). The minimum absolute atomic E-state index is 0.0103. The fraction of sp³-hybridized carbons (Fsp3) is 0. The molecule has 0 unspecified atom stereocenters. The second-order valence-corrected chi connectivity index (χ2v) is 5.65. The number of hydrogen-bond donors (Lipinski definition) is 2. The Bertz CT molecular complexity index is 832. The minimum Gasteiger partial charge on any atom is -0.507 e. The molecule has 2 aromatic carbocycles. The van der Waals surface area contributed by atoms with Crippen molar-refractivity contribution in [3.05, 3.63) is 59.0 Å². The molecule has 6 nitrogen and oxygen atoms in total. The zero-order chi connectivity index (χ0) is 16.2. The summed E-state index contributed by atoms with van der Waals surface area (Å²) in [4.78, 5) is 22.9. The normalized spacial score (nSPS) is 16.3. The molecule has 0 aromatic heterocycles. The van der Waals surface area contributed by atoms with Crippen LogP contribution in [0, 0.1) is 0 Å². The molecule has 0 saturated carbocycles. The van der Waals surface area contributed by atoms with E-state index in [9.17, 15) is 14.7 Å². The van der Waals surface area contributed by atoms with E-state index in [2.05, 4.69) is 15.5 Å². The summed E-state index contributed by atoms with van der Waals surface area (Å²) in [5, 5.41) is 19.8. The highest BCUT2D eigenvalue weighted by Gasteiger charge is 2.25. The van der Waals surface area contributed by atoms with Gasteiger partial charge in [-0.25, -0.2) is 0 Å². The quantitative estimate of drug-likeness (QED) is 0.655. The average molecular weight is 325 g/mol. The van der Waals surface area contributed by atoms with Crippen LogP contribution in [0.1, 0.15) is 5.56 Å². The van der Waals surface area contributed by atoms with Gasteiger partial charge in [-0.2, -0.15) is 10.2 Å². The average Bonchev–Trinajstić information content (AvgIpc) is 2.86. The van der Waals surface area contributed by atoms with Gasteiger partial charge in [-0.15, -0.1) is 0 Å². The van der Waals surface area contributed by atoms with E-state index in [1.54, 1.807) is 12.1 Å².